The summed E-state index contributed by atoms with van der Waals surface area (Å²) in [5, 5.41) is 2.94. The van der Waals surface area contributed by atoms with Gasteiger partial charge in [-0.1, -0.05) is 0 Å². The number of hydrogen-bond donors (Lipinski definition) is 2. The molecule has 0 unspecified atom stereocenters. The molecule has 2 N–H and O–H groups in total. The lowest BCUT2D eigenvalue weighted by Crippen LogP contribution is -2.29. The zero-order valence-corrected chi connectivity index (χ0v) is 14.9. The first-order valence-electron chi connectivity index (χ1n) is 8.72. The number of hydrogen-bond acceptors (Lipinski definition) is 4. The van der Waals surface area contributed by atoms with E-state index >= 15 is 0 Å². The maximum Gasteiger partial charge on any atom is 0.254 e. The van der Waals surface area contributed by atoms with Crippen molar-refractivity contribution >= 4 is 5.91 Å². The molecule has 0 bridgehead atoms. The standard InChI is InChI=1S/C19H22FN3O3/c1-11-14(19(25)22-12(2)21-11)6-8-18(24)23-16-4-3-9-26-17-7-5-13(20)10-15(16)17/h5,7,10,16H,3-4,6,8-9H2,1-2H3,(H,23,24)(H,21,22,25)/t16-/m1/s1. The van der Waals surface area contributed by atoms with E-state index in [9.17, 15) is 14.0 Å². The third-order valence-corrected chi connectivity index (χ3v) is 4.52. The topological polar surface area (TPSA) is 84.1 Å². The Morgan fingerprint density at radius 1 is 1.42 bits per heavy atom. The van der Waals surface area contributed by atoms with Gasteiger partial charge in [-0.2, -0.15) is 0 Å². The summed E-state index contributed by atoms with van der Waals surface area (Å²) in [5.74, 6) is 0.606. The number of nitrogens with zero attached hydrogens (tertiary/aromatic N) is 1. The molecule has 0 saturated heterocycles. The minimum atomic E-state index is -0.360. The van der Waals surface area contributed by atoms with Crippen molar-refractivity contribution in [2.45, 2.75) is 45.6 Å². The van der Waals surface area contributed by atoms with E-state index in [1.165, 1.54) is 12.1 Å². The van der Waals surface area contributed by atoms with Crippen molar-refractivity contribution in [2.75, 3.05) is 6.61 Å². The molecule has 0 radical (unpaired) electrons. The normalized spacial score (nSPS) is 16.3. The van der Waals surface area contributed by atoms with Crippen LogP contribution in [-0.2, 0) is 11.2 Å². The summed E-state index contributed by atoms with van der Waals surface area (Å²) in [6.45, 7) is 4.02. The third-order valence-electron chi connectivity index (χ3n) is 4.52. The molecule has 1 atom stereocenters. The second kappa shape index (κ2) is 7.68. The van der Waals surface area contributed by atoms with E-state index in [-0.39, 0.29) is 29.7 Å². The van der Waals surface area contributed by atoms with Crippen molar-refractivity contribution < 1.29 is 13.9 Å². The molecule has 0 aliphatic carbocycles. The maximum atomic E-state index is 13.6. The monoisotopic (exact) mass is 359 g/mol. The molecule has 0 fully saturated rings. The fraction of sp³-hybridized carbons (Fsp3) is 0.421. The van der Waals surface area contributed by atoms with E-state index in [0.717, 1.165) is 6.42 Å². The molecular weight excluding hydrogens is 337 g/mol. The van der Waals surface area contributed by atoms with Crippen LogP contribution in [0.3, 0.4) is 0 Å². The molecule has 3 rings (SSSR count). The summed E-state index contributed by atoms with van der Waals surface area (Å²) >= 11 is 0. The summed E-state index contributed by atoms with van der Waals surface area (Å²) in [5.41, 5.74) is 1.59. The van der Waals surface area contributed by atoms with Gasteiger partial charge in [-0.05, 0) is 51.3 Å². The molecule has 1 aromatic carbocycles. The van der Waals surface area contributed by atoms with E-state index < -0.39 is 0 Å². The molecule has 7 heteroatoms. The smallest absolute Gasteiger partial charge is 0.254 e. The Morgan fingerprint density at radius 2 is 2.23 bits per heavy atom. The zero-order valence-electron chi connectivity index (χ0n) is 14.9. The van der Waals surface area contributed by atoms with Gasteiger partial charge in [0, 0.05) is 23.2 Å². The molecule has 2 heterocycles. The number of benzene rings is 1. The Kier molecular flexibility index (Phi) is 5.35. The molecule has 1 amide bonds. The number of halogens is 1. The molecule has 2 aromatic rings. The first-order valence-corrected chi connectivity index (χ1v) is 8.72. The minimum absolute atomic E-state index is 0.163. The fourth-order valence-corrected chi connectivity index (χ4v) is 3.25. The predicted octanol–water partition coefficient (Wildman–Crippen LogP) is 2.49. The van der Waals surface area contributed by atoms with Crippen molar-refractivity contribution in [3.05, 3.63) is 57.0 Å². The van der Waals surface area contributed by atoms with Crippen LogP contribution in [0.4, 0.5) is 4.39 Å². The summed E-state index contributed by atoms with van der Waals surface area (Å²) in [4.78, 5) is 31.3. The highest BCUT2D eigenvalue weighted by Gasteiger charge is 2.22. The maximum absolute atomic E-state index is 13.6. The second-order valence-corrected chi connectivity index (χ2v) is 6.51. The van der Waals surface area contributed by atoms with Crippen LogP contribution in [0.15, 0.2) is 23.0 Å². The Morgan fingerprint density at radius 3 is 3.00 bits per heavy atom. The average molecular weight is 359 g/mol. The SMILES string of the molecule is Cc1nc(C)c(CCC(=O)N[C@@H]2CCCOc3ccc(F)cc32)c(=O)[nH]1. The van der Waals surface area contributed by atoms with Gasteiger partial charge >= 0.3 is 0 Å². The Bertz CT molecular complexity index is 879. The van der Waals surface area contributed by atoms with Crippen molar-refractivity contribution in [1.29, 1.82) is 0 Å². The van der Waals surface area contributed by atoms with Crippen molar-refractivity contribution in [3.63, 3.8) is 0 Å². The second-order valence-electron chi connectivity index (χ2n) is 6.51. The van der Waals surface area contributed by atoms with Crippen LogP contribution in [0.1, 0.15) is 47.9 Å². The quantitative estimate of drug-likeness (QED) is 0.878. The van der Waals surface area contributed by atoms with Gasteiger partial charge in [0.05, 0.1) is 12.6 Å². The van der Waals surface area contributed by atoms with Gasteiger partial charge < -0.3 is 15.0 Å². The number of nitrogens with one attached hydrogen (secondary N) is 2. The molecule has 1 aromatic heterocycles. The number of aromatic amines is 1. The molecular formula is C19H22FN3O3. The van der Waals surface area contributed by atoms with Gasteiger partial charge in [0.1, 0.15) is 17.4 Å². The Balaban J connectivity index is 1.69. The van der Waals surface area contributed by atoms with Gasteiger partial charge in [-0.15, -0.1) is 0 Å². The largest absolute Gasteiger partial charge is 0.493 e. The number of carbonyl (C=O) groups excluding carboxylic acids is 1. The molecule has 6 nitrogen and oxygen atoms in total. The first kappa shape index (κ1) is 18.1. The molecule has 1 aliphatic heterocycles. The molecule has 138 valence electrons. The minimum Gasteiger partial charge on any atom is -0.493 e. The molecule has 26 heavy (non-hydrogen) atoms. The predicted molar refractivity (Wildman–Crippen MR) is 94.7 cm³/mol. The van der Waals surface area contributed by atoms with E-state index in [1.54, 1.807) is 19.9 Å². The summed E-state index contributed by atoms with van der Waals surface area (Å²) in [7, 11) is 0. The summed E-state index contributed by atoms with van der Waals surface area (Å²) < 4.78 is 19.2. The third kappa shape index (κ3) is 4.09. The van der Waals surface area contributed by atoms with Gasteiger partial charge in [-0.25, -0.2) is 9.37 Å². The lowest BCUT2D eigenvalue weighted by Gasteiger charge is -2.18. The highest BCUT2D eigenvalue weighted by molar-refractivity contribution is 5.76. The van der Waals surface area contributed by atoms with E-state index in [1.807, 2.05) is 0 Å². The Labute approximate surface area is 150 Å². The van der Waals surface area contributed by atoms with Crippen molar-refractivity contribution in [2.24, 2.45) is 0 Å². The van der Waals surface area contributed by atoms with Crippen molar-refractivity contribution in [3.8, 4) is 5.75 Å². The van der Waals surface area contributed by atoms with Crippen molar-refractivity contribution in [1.82, 2.24) is 15.3 Å². The molecule has 0 saturated carbocycles. The van der Waals surface area contributed by atoms with Gasteiger partial charge in [0.25, 0.3) is 5.56 Å². The summed E-state index contributed by atoms with van der Waals surface area (Å²) in [6.07, 6.45) is 1.91. The number of amides is 1. The molecule has 0 spiro atoms. The van der Waals surface area contributed by atoms with E-state index in [2.05, 4.69) is 15.3 Å². The van der Waals surface area contributed by atoms with E-state index in [0.29, 0.717) is 47.8 Å². The Hall–Kier alpha value is -2.70. The lowest BCUT2D eigenvalue weighted by molar-refractivity contribution is -0.121. The molecule has 1 aliphatic rings. The van der Waals surface area contributed by atoms with Crippen LogP contribution >= 0.6 is 0 Å². The van der Waals surface area contributed by atoms with Crippen LogP contribution in [-0.4, -0.2) is 22.5 Å². The zero-order chi connectivity index (χ0) is 18.7. The summed E-state index contributed by atoms with van der Waals surface area (Å²) in [6, 6.07) is 4.05. The highest BCUT2D eigenvalue weighted by Crippen LogP contribution is 2.32. The van der Waals surface area contributed by atoms with Crippen LogP contribution in [0, 0.1) is 19.7 Å². The van der Waals surface area contributed by atoms with Gasteiger partial charge in [0.15, 0.2) is 0 Å². The average Bonchev–Trinajstić information content (AvgIpc) is 2.76. The highest BCUT2D eigenvalue weighted by atomic mass is 19.1. The number of fused-ring (bicyclic) bond motifs is 1. The van der Waals surface area contributed by atoms with Crippen LogP contribution in [0.5, 0.6) is 5.75 Å². The number of carbonyl (C=O) groups is 1. The number of aromatic nitrogens is 2. The van der Waals surface area contributed by atoms with Gasteiger partial charge in [0.2, 0.25) is 5.91 Å². The van der Waals surface area contributed by atoms with Crippen LogP contribution in [0.2, 0.25) is 0 Å². The fourth-order valence-electron chi connectivity index (χ4n) is 3.25. The number of aryl methyl sites for hydroxylation is 2. The number of rotatable bonds is 4. The van der Waals surface area contributed by atoms with Crippen LogP contribution in [0.25, 0.3) is 0 Å². The number of H-pyrrole nitrogens is 1. The van der Waals surface area contributed by atoms with Crippen LogP contribution < -0.4 is 15.6 Å². The van der Waals surface area contributed by atoms with E-state index in [4.69, 9.17) is 4.74 Å². The van der Waals surface area contributed by atoms with Gasteiger partial charge in [-0.3, -0.25) is 9.59 Å². The first-order chi connectivity index (χ1) is 12.4. The number of ether oxygens (including phenoxy) is 1. The lowest BCUT2D eigenvalue weighted by atomic mass is 10.0.